The van der Waals surface area contributed by atoms with Gasteiger partial charge in [0.25, 0.3) is 0 Å². The Bertz CT molecular complexity index is 995. The Labute approximate surface area is 171 Å². The number of esters is 1. The number of anilines is 1. The lowest BCUT2D eigenvalue weighted by molar-refractivity contribution is -0.113. The summed E-state index contributed by atoms with van der Waals surface area (Å²) in [5.74, 6) is -0.985. The third kappa shape index (κ3) is 5.61. The summed E-state index contributed by atoms with van der Waals surface area (Å²) in [4.78, 5) is 24.2. The Morgan fingerprint density at radius 1 is 1.03 bits per heavy atom. The highest BCUT2D eigenvalue weighted by atomic mass is 32.2. The van der Waals surface area contributed by atoms with Crippen LogP contribution in [0.3, 0.4) is 0 Å². The minimum absolute atomic E-state index is 0.0989. The van der Waals surface area contributed by atoms with Crippen LogP contribution in [0.25, 0.3) is 11.3 Å². The minimum Gasteiger partial charge on any atom is -0.462 e. The molecule has 0 unspecified atom stereocenters. The maximum Gasteiger partial charge on any atom is 0.340 e. The maximum atomic E-state index is 13.0. The van der Waals surface area contributed by atoms with E-state index in [2.05, 4.69) is 15.5 Å². The molecule has 3 aromatic rings. The Hall–Kier alpha value is -3.26. The predicted octanol–water partition coefficient (Wildman–Crippen LogP) is 4.19. The summed E-state index contributed by atoms with van der Waals surface area (Å²) < 4.78 is 18.0. The van der Waals surface area contributed by atoms with Crippen molar-refractivity contribution in [3.8, 4) is 11.3 Å². The average molecular weight is 411 g/mol. The van der Waals surface area contributed by atoms with Crippen LogP contribution in [0.2, 0.25) is 0 Å². The van der Waals surface area contributed by atoms with E-state index in [0.717, 1.165) is 5.56 Å². The summed E-state index contributed by atoms with van der Waals surface area (Å²) in [5.41, 5.74) is 2.07. The molecule has 3 rings (SSSR count). The van der Waals surface area contributed by atoms with Crippen LogP contribution in [0.15, 0.2) is 65.7 Å². The largest absolute Gasteiger partial charge is 0.462 e. The third-order valence-corrected chi connectivity index (χ3v) is 4.75. The van der Waals surface area contributed by atoms with Crippen LogP contribution in [-0.2, 0) is 9.53 Å². The Morgan fingerprint density at radius 2 is 1.79 bits per heavy atom. The summed E-state index contributed by atoms with van der Waals surface area (Å²) in [5, 5.41) is 11.5. The molecule has 0 radical (unpaired) electrons. The zero-order valence-corrected chi connectivity index (χ0v) is 16.4. The van der Waals surface area contributed by atoms with Gasteiger partial charge < -0.3 is 10.1 Å². The minimum atomic E-state index is -0.488. The number of carbonyl (C=O) groups is 2. The number of halogens is 1. The first-order valence-electron chi connectivity index (χ1n) is 8.85. The fraction of sp³-hybridized carbons (Fsp3) is 0.143. The lowest BCUT2D eigenvalue weighted by Crippen LogP contribution is -2.17. The number of benzene rings is 2. The van der Waals surface area contributed by atoms with E-state index in [1.165, 1.54) is 23.9 Å². The highest BCUT2D eigenvalue weighted by Gasteiger charge is 2.14. The lowest BCUT2D eigenvalue weighted by Gasteiger charge is -2.10. The second kappa shape index (κ2) is 9.79. The quantitative estimate of drug-likeness (QED) is 0.464. The van der Waals surface area contributed by atoms with E-state index in [1.54, 1.807) is 55.5 Å². The summed E-state index contributed by atoms with van der Waals surface area (Å²) >= 11 is 1.22. The zero-order valence-electron chi connectivity index (χ0n) is 15.6. The molecule has 0 aliphatic carbocycles. The number of thioether (sulfide) groups is 1. The van der Waals surface area contributed by atoms with Gasteiger partial charge in [-0.15, -0.1) is 10.2 Å². The Kier molecular flexibility index (Phi) is 6.91. The Morgan fingerprint density at radius 3 is 2.48 bits per heavy atom. The number of nitrogens with one attached hydrogen (secondary N) is 1. The molecule has 0 aliphatic rings. The normalized spacial score (nSPS) is 10.4. The average Bonchev–Trinajstić information content (AvgIpc) is 2.74. The molecule has 6 nitrogen and oxygen atoms in total. The van der Waals surface area contributed by atoms with Gasteiger partial charge in [0.15, 0.2) is 0 Å². The van der Waals surface area contributed by atoms with E-state index in [9.17, 15) is 14.0 Å². The van der Waals surface area contributed by atoms with E-state index >= 15 is 0 Å². The first-order chi connectivity index (χ1) is 14.1. The smallest absolute Gasteiger partial charge is 0.340 e. The number of nitrogens with zero attached hydrogens (tertiary/aromatic N) is 2. The molecule has 1 heterocycles. The molecule has 0 spiro atoms. The molecule has 148 valence electrons. The number of amides is 1. The van der Waals surface area contributed by atoms with Gasteiger partial charge in [-0.1, -0.05) is 23.9 Å². The van der Waals surface area contributed by atoms with Crippen molar-refractivity contribution in [1.29, 1.82) is 0 Å². The fourth-order valence-corrected chi connectivity index (χ4v) is 3.09. The summed E-state index contributed by atoms with van der Waals surface area (Å²) in [6, 6.07) is 16.1. The monoisotopic (exact) mass is 411 g/mol. The highest BCUT2D eigenvalue weighted by molar-refractivity contribution is 7.99. The molecule has 1 amide bonds. The van der Waals surface area contributed by atoms with Gasteiger partial charge in [-0.3, -0.25) is 4.79 Å². The summed E-state index contributed by atoms with van der Waals surface area (Å²) in [6.45, 7) is 1.97. The van der Waals surface area contributed by atoms with Crippen molar-refractivity contribution in [2.24, 2.45) is 0 Å². The molecule has 0 saturated carbocycles. The van der Waals surface area contributed by atoms with Crippen molar-refractivity contribution in [2.75, 3.05) is 17.7 Å². The third-order valence-electron chi connectivity index (χ3n) is 3.83. The van der Waals surface area contributed by atoms with Crippen LogP contribution in [0.1, 0.15) is 17.3 Å². The molecule has 0 saturated heterocycles. The van der Waals surface area contributed by atoms with Gasteiger partial charge >= 0.3 is 5.97 Å². The van der Waals surface area contributed by atoms with Crippen molar-refractivity contribution in [1.82, 2.24) is 10.2 Å². The number of para-hydroxylation sites is 1. The van der Waals surface area contributed by atoms with Crippen molar-refractivity contribution in [3.05, 3.63) is 72.0 Å². The van der Waals surface area contributed by atoms with Crippen molar-refractivity contribution in [3.63, 3.8) is 0 Å². The molecule has 2 aromatic carbocycles. The van der Waals surface area contributed by atoms with Crippen molar-refractivity contribution >= 4 is 29.3 Å². The number of rotatable bonds is 7. The number of hydrogen-bond acceptors (Lipinski definition) is 6. The second-order valence-electron chi connectivity index (χ2n) is 5.87. The molecule has 0 atom stereocenters. The molecule has 0 aliphatic heterocycles. The number of hydrogen-bond donors (Lipinski definition) is 1. The van der Waals surface area contributed by atoms with Crippen LogP contribution in [0.5, 0.6) is 0 Å². The first kappa shape index (κ1) is 20.5. The number of carbonyl (C=O) groups excluding carboxylic acids is 2. The van der Waals surface area contributed by atoms with Gasteiger partial charge in [0.05, 0.1) is 29.3 Å². The van der Waals surface area contributed by atoms with E-state index in [-0.39, 0.29) is 24.1 Å². The van der Waals surface area contributed by atoms with E-state index in [4.69, 9.17) is 4.74 Å². The fourth-order valence-electron chi connectivity index (χ4n) is 2.48. The van der Waals surface area contributed by atoms with E-state index < -0.39 is 5.97 Å². The highest BCUT2D eigenvalue weighted by Crippen LogP contribution is 2.21. The molecule has 1 aromatic heterocycles. The van der Waals surface area contributed by atoms with Crippen LogP contribution in [-0.4, -0.2) is 34.4 Å². The van der Waals surface area contributed by atoms with Gasteiger partial charge in [-0.25, -0.2) is 9.18 Å². The van der Waals surface area contributed by atoms with Crippen LogP contribution in [0.4, 0.5) is 10.1 Å². The van der Waals surface area contributed by atoms with Gasteiger partial charge in [-0.05, 0) is 55.5 Å². The lowest BCUT2D eigenvalue weighted by atomic mass is 10.1. The van der Waals surface area contributed by atoms with Crippen LogP contribution >= 0.6 is 11.8 Å². The van der Waals surface area contributed by atoms with E-state index in [1.807, 2.05) is 0 Å². The molecular formula is C21H18FN3O3S. The van der Waals surface area contributed by atoms with Gasteiger partial charge in [0.2, 0.25) is 5.91 Å². The number of aromatic nitrogens is 2. The summed E-state index contributed by atoms with van der Waals surface area (Å²) in [6.07, 6.45) is 0. The predicted molar refractivity (Wildman–Crippen MR) is 109 cm³/mol. The van der Waals surface area contributed by atoms with E-state index in [0.29, 0.717) is 22.0 Å². The first-order valence-corrected chi connectivity index (χ1v) is 9.84. The van der Waals surface area contributed by atoms with Gasteiger partial charge in [0.1, 0.15) is 10.8 Å². The summed E-state index contributed by atoms with van der Waals surface area (Å²) in [7, 11) is 0. The van der Waals surface area contributed by atoms with Gasteiger partial charge in [0, 0.05) is 5.56 Å². The molecule has 0 fully saturated rings. The second-order valence-corrected chi connectivity index (χ2v) is 6.86. The van der Waals surface area contributed by atoms with Crippen LogP contribution in [0, 0.1) is 5.82 Å². The molecule has 1 N–H and O–H groups in total. The van der Waals surface area contributed by atoms with Gasteiger partial charge in [-0.2, -0.15) is 0 Å². The van der Waals surface area contributed by atoms with Crippen molar-refractivity contribution < 1.29 is 18.7 Å². The number of ether oxygens (including phenoxy) is 1. The molecule has 8 heteroatoms. The van der Waals surface area contributed by atoms with Crippen LogP contribution < -0.4 is 5.32 Å². The SMILES string of the molecule is CCOC(=O)c1ccccc1NC(=O)CSc1ccc(-c2ccc(F)cc2)nn1. The molecule has 29 heavy (non-hydrogen) atoms. The Balaban J connectivity index is 1.59. The maximum absolute atomic E-state index is 13.0. The standard InChI is InChI=1S/C21H18FN3O3S/c1-2-28-21(27)16-5-3-4-6-18(16)23-19(26)13-29-20-12-11-17(24-25-20)14-7-9-15(22)10-8-14/h3-12H,2,13H2,1H3,(H,23,26). The molecule has 0 bridgehead atoms. The zero-order chi connectivity index (χ0) is 20.6. The molecular weight excluding hydrogens is 393 g/mol. The van der Waals surface area contributed by atoms with Crippen molar-refractivity contribution in [2.45, 2.75) is 11.9 Å². The topological polar surface area (TPSA) is 81.2 Å².